The molecule has 0 unspecified atom stereocenters. The maximum Gasteiger partial charge on any atom is 0.237 e. The van der Waals surface area contributed by atoms with Crippen LogP contribution in [-0.2, 0) is 16.0 Å². The van der Waals surface area contributed by atoms with Crippen LogP contribution in [0.25, 0.3) is 0 Å². The van der Waals surface area contributed by atoms with Crippen molar-refractivity contribution in [1.82, 2.24) is 9.80 Å². The van der Waals surface area contributed by atoms with Crippen LogP contribution >= 0.6 is 11.3 Å². The lowest BCUT2D eigenvalue weighted by Gasteiger charge is -2.38. The smallest absolute Gasteiger partial charge is 0.237 e. The molecule has 180 valence electrons. The topological polar surface area (TPSA) is 62.2 Å². The van der Waals surface area contributed by atoms with Gasteiger partial charge in [0.2, 0.25) is 5.91 Å². The molecule has 1 N–H and O–H groups in total. The predicted octanol–water partition coefficient (Wildman–Crippen LogP) is 3.84. The summed E-state index contributed by atoms with van der Waals surface area (Å²) < 4.78 is 11.5. The van der Waals surface area contributed by atoms with Crippen LogP contribution in [-0.4, -0.2) is 72.4 Å². The minimum absolute atomic E-state index is 0.0533. The molecule has 2 aromatic rings. The number of aryl methyl sites for hydroxylation is 1. The van der Waals surface area contributed by atoms with Crippen molar-refractivity contribution in [1.29, 1.82) is 0 Å². The van der Waals surface area contributed by atoms with Gasteiger partial charge in [0, 0.05) is 24.0 Å². The number of rotatable bonds is 12. The van der Waals surface area contributed by atoms with Crippen molar-refractivity contribution >= 4 is 17.2 Å². The molecule has 3 rings (SSSR count). The zero-order chi connectivity index (χ0) is 23.8. The van der Waals surface area contributed by atoms with Crippen LogP contribution in [0, 0.1) is 6.92 Å². The van der Waals surface area contributed by atoms with E-state index >= 15 is 0 Å². The maximum absolute atomic E-state index is 13.5. The molecule has 0 saturated heterocycles. The van der Waals surface area contributed by atoms with Crippen molar-refractivity contribution in [3.05, 3.63) is 64.4 Å². The van der Waals surface area contributed by atoms with E-state index in [1.165, 1.54) is 10.4 Å². The monoisotopic (exact) mass is 472 g/mol. The van der Waals surface area contributed by atoms with Crippen LogP contribution in [0.5, 0.6) is 5.75 Å². The van der Waals surface area contributed by atoms with Gasteiger partial charge in [-0.05, 0) is 61.9 Å². The Labute approximate surface area is 201 Å². The van der Waals surface area contributed by atoms with Crippen molar-refractivity contribution in [3.63, 3.8) is 0 Å². The molecule has 0 bridgehead atoms. The van der Waals surface area contributed by atoms with Gasteiger partial charge >= 0.3 is 0 Å². The normalized spacial score (nSPS) is 16.7. The molecule has 1 aromatic heterocycles. The number of hydrogen-bond donors (Lipinski definition) is 1. The Kier molecular flexibility index (Phi) is 9.50. The Morgan fingerprint density at radius 3 is 2.94 bits per heavy atom. The van der Waals surface area contributed by atoms with Crippen molar-refractivity contribution in [2.75, 3.05) is 39.5 Å². The van der Waals surface area contributed by atoms with Crippen molar-refractivity contribution in [3.8, 4) is 5.75 Å². The van der Waals surface area contributed by atoms with Gasteiger partial charge in [-0.3, -0.25) is 9.69 Å². The first-order valence-electron chi connectivity index (χ1n) is 11.5. The summed E-state index contributed by atoms with van der Waals surface area (Å²) in [4.78, 5) is 18.7. The van der Waals surface area contributed by atoms with E-state index in [-0.39, 0.29) is 31.1 Å². The number of benzene rings is 1. The predicted molar refractivity (Wildman–Crippen MR) is 133 cm³/mol. The third-order valence-electron chi connectivity index (χ3n) is 5.87. The summed E-state index contributed by atoms with van der Waals surface area (Å²) in [6.07, 6.45) is 1.86. The van der Waals surface area contributed by atoms with Gasteiger partial charge in [-0.25, -0.2) is 0 Å². The Bertz CT molecular complexity index is 913. The lowest BCUT2D eigenvalue weighted by atomic mass is 10.00. The van der Waals surface area contributed by atoms with Gasteiger partial charge in [-0.1, -0.05) is 18.2 Å². The third-order valence-corrected chi connectivity index (χ3v) is 6.87. The molecular formula is C26H36N2O4S. The fourth-order valence-electron chi connectivity index (χ4n) is 4.09. The van der Waals surface area contributed by atoms with Crippen LogP contribution in [0.4, 0.5) is 0 Å². The molecule has 1 aromatic carbocycles. The molecule has 1 amide bonds. The summed E-state index contributed by atoms with van der Waals surface area (Å²) in [6, 6.07) is 10.1. The van der Waals surface area contributed by atoms with Crippen LogP contribution in [0.15, 0.2) is 48.4 Å². The fourth-order valence-corrected chi connectivity index (χ4v) is 5.02. The summed E-state index contributed by atoms with van der Waals surface area (Å²) in [5.74, 6) is 0.869. The summed E-state index contributed by atoms with van der Waals surface area (Å²) in [7, 11) is 0. The zero-order valence-electron chi connectivity index (χ0n) is 19.9. The highest BCUT2D eigenvalue weighted by atomic mass is 32.1. The first kappa shape index (κ1) is 25.4. The van der Waals surface area contributed by atoms with Gasteiger partial charge in [0.05, 0.1) is 31.9 Å². The molecule has 0 saturated carbocycles. The first-order chi connectivity index (χ1) is 15.9. The Morgan fingerprint density at radius 2 is 2.21 bits per heavy atom. The lowest BCUT2D eigenvalue weighted by Crippen LogP contribution is -2.49. The minimum Gasteiger partial charge on any atom is -0.491 e. The number of aliphatic hydroxyl groups excluding tert-OH is 1. The van der Waals surface area contributed by atoms with Crippen LogP contribution in [0.2, 0.25) is 0 Å². The van der Waals surface area contributed by atoms with E-state index in [0.29, 0.717) is 26.3 Å². The van der Waals surface area contributed by atoms with E-state index in [2.05, 4.69) is 18.0 Å². The number of carbonyl (C=O) groups is 1. The van der Waals surface area contributed by atoms with E-state index in [1.54, 1.807) is 17.4 Å². The SMILES string of the molecule is C=CCOC[C@H](O)CN(CC(=O)N1CCc2sccc2[C@H]1COc1cccc(C)c1)C(C)C. The fraction of sp³-hybridized carbons (Fsp3) is 0.500. The van der Waals surface area contributed by atoms with E-state index in [0.717, 1.165) is 17.7 Å². The summed E-state index contributed by atoms with van der Waals surface area (Å²) in [5.41, 5.74) is 2.32. The number of thiophene rings is 1. The quantitative estimate of drug-likeness (QED) is 0.376. The van der Waals surface area contributed by atoms with Crippen LogP contribution in [0.3, 0.4) is 0 Å². The number of hydrogen-bond acceptors (Lipinski definition) is 6. The molecule has 7 heteroatoms. The number of amides is 1. The molecular weight excluding hydrogens is 436 g/mol. The first-order valence-corrected chi connectivity index (χ1v) is 12.4. The highest BCUT2D eigenvalue weighted by molar-refractivity contribution is 7.10. The van der Waals surface area contributed by atoms with Crippen molar-refractivity contribution in [2.45, 2.75) is 45.4 Å². The van der Waals surface area contributed by atoms with Crippen LogP contribution < -0.4 is 4.74 Å². The van der Waals surface area contributed by atoms with Gasteiger partial charge in [0.1, 0.15) is 12.4 Å². The second kappa shape index (κ2) is 12.3. The molecule has 1 aliphatic heterocycles. The summed E-state index contributed by atoms with van der Waals surface area (Å²) in [6.45, 7) is 12.1. The third kappa shape index (κ3) is 7.14. The zero-order valence-corrected chi connectivity index (χ0v) is 20.7. The largest absolute Gasteiger partial charge is 0.491 e. The van der Waals surface area contributed by atoms with Gasteiger partial charge in [-0.15, -0.1) is 17.9 Å². The lowest BCUT2D eigenvalue weighted by molar-refractivity contribution is -0.137. The molecule has 0 spiro atoms. The summed E-state index contributed by atoms with van der Waals surface area (Å²) in [5, 5.41) is 12.5. The number of fused-ring (bicyclic) bond motifs is 1. The number of ether oxygens (including phenoxy) is 2. The molecule has 0 aliphatic carbocycles. The highest BCUT2D eigenvalue weighted by Gasteiger charge is 2.33. The van der Waals surface area contributed by atoms with Gasteiger partial charge < -0.3 is 19.5 Å². The van der Waals surface area contributed by atoms with Gasteiger partial charge in [0.25, 0.3) is 0 Å². The molecule has 1 aliphatic rings. The van der Waals surface area contributed by atoms with E-state index in [1.807, 2.05) is 54.8 Å². The Hall–Kier alpha value is -2.19. The van der Waals surface area contributed by atoms with Crippen molar-refractivity contribution in [2.24, 2.45) is 0 Å². The number of carbonyl (C=O) groups excluding carboxylic acids is 1. The number of nitrogens with zero attached hydrogens (tertiary/aromatic N) is 2. The van der Waals surface area contributed by atoms with E-state index < -0.39 is 6.10 Å². The Balaban J connectivity index is 1.68. The average molecular weight is 473 g/mol. The molecule has 6 nitrogen and oxygen atoms in total. The second-order valence-corrected chi connectivity index (χ2v) is 9.78. The van der Waals surface area contributed by atoms with E-state index in [9.17, 15) is 9.90 Å². The Morgan fingerprint density at radius 1 is 1.39 bits per heavy atom. The van der Waals surface area contributed by atoms with Crippen LogP contribution in [0.1, 0.15) is 35.9 Å². The van der Waals surface area contributed by atoms with Gasteiger partial charge in [-0.2, -0.15) is 0 Å². The molecule has 0 fully saturated rings. The minimum atomic E-state index is -0.662. The summed E-state index contributed by atoms with van der Waals surface area (Å²) >= 11 is 1.75. The molecule has 33 heavy (non-hydrogen) atoms. The highest BCUT2D eigenvalue weighted by Crippen LogP contribution is 2.34. The molecule has 2 atom stereocenters. The second-order valence-electron chi connectivity index (χ2n) is 8.78. The number of aliphatic hydroxyl groups is 1. The van der Waals surface area contributed by atoms with Gasteiger partial charge in [0.15, 0.2) is 0 Å². The van der Waals surface area contributed by atoms with E-state index in [4.69, 9.17) is 9.47 Å². The van der Waals surface area contributed by atoms with Crippen molar-refractivity contribution < 1.29 is 19.4 Å². The molecule has 2 heterocycles. The average Bonchev–Trinajstić information content (AvgIpc) is 3.26. The maximum atomic E-state index is 13.5. The standard InChI is InChI=1S/C26H36N2O4S/c1-5-12-31-17-21(29)15-27(19(2)3)16-26(30)28-11-9-25-23(10-13-33-25)24(28)18-32-22-8-6-7-20(4)14-22/h5-8,10,13-14,19,21,24,29H,1,9,11-12,15-18H2,2-4H3/t21-,24-/m1/s1. The molecule has 0 radical (unpaired) electrons.